The van der Waals surface area contributed by atoms with E-state index in [2.05, 4.69) is 28.7 Å². The van der Waals surface area contributed by atoms with Crippen LogP contribution in [0.1, 0.15) is 18.8 Å². The second kappa shape index (κ2) is 7.26. The molecule has 4 nitrogen and oxygen atoms in total. The van der Waals surface area contributed by atoms with Crippen molar-refractivity contribution in [2.24, 2.45) is 0 Å². The summed E-state index contributed by atoms with van der Waals surface area (Å²) in [6, 6.07) is 12.1. The molecule has 0 saturated heterocycles. The van der Waals surface area contributed by atoms with Gasteiger partial charge in [-0.25, -0.2) is 4.98 Å². The predicted molar refractivity (Wildman–Crippen MR) is 114 cm³/mol. The second-order valence-corrected chi connectivity index (χ2v) is 8.54. The molecule has 0 amide bonds. The Labute approximate surface area is 163 Å². The van der Waals surface area contributed by atoms with E-state index in [1.54, 1.807) is 23.1 Å². The SMILES string of the molecule is CSc1cccc(N[C@H](C)c2nc3scc(-c4cccs4)c3c(=O)[nH]2)c1. The zero-order valence-electron chi connectivity index (χ0n) is 14.3. The lowest BCUT2D eigenvalue weighted by molar-refractivity contribution is 0.792. The lowest BCUT2D eigenvalue weighted by Crippen LogP contribution is -2.17. The third-order valence-corrected chi connectivity index (χ3v) is 6.61. The first-order valence-corrected chi connectivity index (χ1v) is 11.1. The van der Waals surface area contributed by atoms with Crippen LogP contribution in [0.5, 0.6) is 0 Å². The maximum atomic E-state index is 12.7. The Morgan fingerprint density at radius 2 is 2.12 bits per heavy atom. The van der Waals surface area contributed by atoms with Crippen LogP contribution in [0.25, 0.3) is 20.7 Å². The van der Waals surface area contributed by atoms with Crippen LogP contribution in [0.3, 0.4) is 0 Å². The van der Waals surface area contributed by atoms with Crippen LogP contribution in [0.4, 0.5) is 5.69 Å². The fraction of sp³-hybridized carbons (Fsp3) is 0.158. The average molecular weight is 400 g/mol. The molecule has 26 heavy (non-hydrogen) atoms. The van der Waals surface area contributed by atoms with Gasteiger partial charge in [-0.3, -0.25) is 4.79 Å². The molecule has 4 aromatic rings. The molecule has 0 bridgehead atoms. The van der Waals surface area contributed by atoms with E-state index in [0.29, 0.717) is 11.2 Å². The van der Waals surface area contributed by atoms with E-state index in [1.165, 1.54) is 16.2 Å². The number of thiophene rings is 2. The molecule has 7 heteroatoms. The van der Waals surface area contributed by atoms with E-state index >= 15 is 0 Å². The normalized spacial score (nSPS) is 12.4. The Hall–Kier alpha value is -2.09. The number of hydrogen-bond acceptors (Lipinski definition) is 6. The lowest BCUT2D eigenvalue weighted by atomic mass is 10.2. The molecular weight excluding hydrogens is 382 g/mol. The summed E-state index contributed by atoms with van der Waals surface area (Å²) >= 11 is 4.85. The maximum absolute atomic E-state index is 12.7. The Bertz CT molecular complexity index is 1100. The van der Waals surface area contributed by atoms with Gasteiger partial charge in [-0.2, -0.15) is 0 Å². The van der Waals surface area contributed by atoms with E-state index in [1.807, 2.05) is 41.9 Å². The van der Waals surface area contributed by atoms with Crippen molar-refractivity contribution in [3.8, 4) is 10.4 Å². The molecule has 132 valence electrons. The summed E-state index contributed by atoms with van der Waals surface area (Å²) in [7, 11) is 0. The Balaban J connectivity index is 1.68. The monoisotopic (exact) mass is 399 g/mol. The predicted octanol–water partition coefficient (Wildman–Crippen LogP) is 5.61. The number of nitrogens with one attached hydrogen (secondary N) is 2. The summed E-state index contributed by atoms with van der Waals surface area (Å²) in [4.78, 5) is 23.5. The fourth-order valence-corrected chi connectivity index (χ4v) is 5.04. The van der Waals surface area contributed by atoms with Crippen molar-refractivity contribution in [2.45, 2.75) is 17.9 Å². The topological polar surface area (TPSA) is 57.8 Å². The van der Waals surface area contributed by atoms with Crippen LogP contribution in [-0.2, 0) is 0 Å². The van der Waals surface area contributed by atoms with E-state index in [-0.39, 0.29) is 11.6 Å². The van der Waals surface area contributed by atoms with Crippen molar-refractivity contribution in [3.05, 3.63) is 63.3 Å². The zero-order chi connectivity index (χ0) is 18.1. The third kappa shape index (κ3) is 3.30. The highest BCUT2D eigenvalue weighted by Crippen LogP contribution is 2.34. The minimum absolute atomic E-state index is 0.0823. The number of aromatic nitrogens is 2. The van der Waals surface area contributed by atoms with Crippen molar-refractivity contribution >= 4 is 50.3 Å². The summed E-state index contributed by atoms with van der Waals surface area (Å²) in [5.74, 6) is 0.650. The van der Waals surface area contributed by atoms with Crippen LogP contribution in [-0.4, -0.2) is 16.2 Å². The zero-order valence-corrected chi connectivity index (χ0v) is 16.7. The fourth-order valence-electron chi connectivity index (χ4n) is 2.82. The Morgan fingerprint density at radius 1 is 1.23 bits per heavy atom. The van der Waals surface area contributed by atoms with Gasteiger partial charge in [0.25, 0.3) is 5.56 Å². The van der Waals surface area contributed by atoms with E-state index in [0.717, 1.165) is 21.0 Å². The summed E-state index contributed by atoms with van der Waals surface area (Å²) in [6.45, 7) is 2.00. The first-order valence-electron chi connectivity index (χ1n) is 8.11. The van der Waals surface area contributed by atoms with Crippen molar-refractivity contribution in [2.75, 3.05) is 11.6 Å². The average Bonchev–Trinajstić information content (AvgIpc) is 3.31. The minimum atomic E-state index is -0.100. The number of aromatic amines is 1. The Morgan fingerprint density at radius 3 is 2.88 bits per heavy atom. The van der Waals surface area contributed by atoms with Crippen LogP contribution in [0.2, 0.25) is 0 Å². The highest BCUT2D eigenvalue weighted by molar-refractivity contribution is 7.98. The molecule has 0 aliphatic carbocycles. The number of fused-ring (bicyclic) bond motifs is 1. The first-order chi connectivity index (χ1) is 12.7. The van der Waals surface area contributed by atoms with Crippen molar-refractivity contribution in [3.63, 3.8) is 0 Å². The number of nitrogens with zero attached hydrogens (tertiary/aromatic N) is 1. The second-order valence-electron chi connectivity index (χ2n) is 5.86. The summed E-state index contributed by atoms with van der Waals surface area (Å²) in [5, 5.41) is 8.13. The van der Waals surface area contributed by atoms with E-state index in [9.17, 15) is 4.79 Å². The molecule has 0 aliphatic rings. The molecule has 0 radical (unpaired) electrons. The molecule has 0 unspecified atom stereocenters. The molecule has 1 atom stereocenters. The molecule has 0 saturated carbocycles. The number of rotatable bonds is 5. The van der Waals surface area contributed by atoms with Gasteiger partial charge in [0.15, 0.2) is 0 Å². The van der Waals surface area contributed by atoms with Gasteiger partial charge in [-0.15, -0.1) is 34.4 Å². The Kier molecular flexibility index (Phi) is 4.84. The number of H-pyrrole nitrogens is 1. The van der Waals surface area contributed by atoms with Crippen molar-refractivity contribution in [1.29, 1.82) is 0 Å². The van der Waals surface area contributed by atoms with Gasteiger partial charge in [0.1, 0.15) is 10.7 Å². The largest absolute Gasteiger partial charge is 0.375 e. The van der Waals surface area contributed by atoms with Crippen molar-refractivity contribution in [1.82, 2.24) is 9.97 Å². The molecular formula is C19H17N3OS3. The van der Waals surface area contributed by atoms with Gasteiger partial charge in [0.05, 0.1) is 11.4 Å². The molecule has 0 aliphatic heterocycles. The highest BCUT2D eigenvalue weighted by Gasteiger charge is 2.16. The van der Waals surface area contributed by atoms with E-state index in [4.69, 9.17) is 4.98 Å². The van der Waals surface area contributed by atoms with Gasteiger partial charge in [0.2, 0.25) is 0 Å². The van der Waals surface area contributed by atoms with Gasteiger partial charge >= 0.3 is 0 Å². The van der Waals surface area contributed by atoms with Crippen molar-refractivity contribution < 1.29 is 0 Å². The first kappa shape index (κ1) is 17.3. The smallest absolute Gasteiger partial charge is 0.260 e. The molecule has 3 heterocycles. The van der Waals surface area contributed by atoms with Gasteiger partial charge in [-0.1, -0.05) is 12.1 Å². The number of anilines is 1. The highest BCUT2D eigenvalue weighted by atomic mass is 32.2. The van der Waals surface area contributed by atoms with Crippen LogP contribution < -0.4 is 10.9 Å². The summed E-state index contributed by atoms with van der Waals surface area (Å²) < 4.78 is 0. The van der Waals surface area contributed by atoms with E-state index < -0.39 is 0 Å². The summed E-state index contributed by atoms with van der Waals surface area (Å²) in [5.41, 5.74) is 1.90. The third-order valence-electron chi connectivity index (χ3n) is 4.11. The molecule has 0 fully saturated rings. The molecule has 3 aromatic heterocycles. The van der Waals surface area contributed by atoms with Crippen LogP contribution in [0, 0.1) is 0 Å². The number of thioether (sulfide) groups is 1. The lowest BCUT2D eigenvalue weighted by Gasteiger charge is -2.15. The minimum Gasteiger partial charge on any atom is -0.375 e. The van der Waals surface area contributed by atoms with Crippen LogP contribution >= 0.6 is 34.4 Å². The van der Waals surface area contributed by atoms with Crippen LogP contribution in [0.15, 0.2) is 56.8 Å². The standard InChI is InChI=1S/C19H17N3OS3/c1-11(20-12-5-3-6-13(9-12)24-2)17-21-18(23)16-14(10-26-19(16)22-17)15-7-4-8-25-15/h3-11,20H,1-2H3,(H,21,22,23)/t11-/m1/s1. The van der Waals surface area contributed by atoms with Gasteiger partial charge < -0.3 is 10.3 Å². The molecule has 2 N–H and O–H groups in total. The quantitative estimate of drug-likeness (QED) is 0.428. The summed E-state index contributed by atoms with van der Waals surface area (Å²) in [6.07, 6.45) is 2.05. The number of hydrogen-bond donors (Lipinski definition) is 2. The molecule has 4 rings (SSSR count). The van der Waals surface area contributed by atoms with Gasteiger partial charge in [-0.05, 0) is 42.8 Å². The van der Waals surface area contributed by atoms with Gasteiger partial charge in [0, 0.05) is 26.4 Å². The maximum Gasteiger partial charge on any atom is 0.260 e. The molecule has 0 spiro atoms. The molecule has 1 aromatic carbocycles. The number of benzene rings is 1.